The van der Waals surface area contributed by atoms with Crippen LogP contribution in [-0.2, 0) is 9.59 Å². The van der Waals surface area contributed by atoms with Crippen molar-refractivity contribution in [2.45, 2.75) is 13.3 Å². The molecule has 1 saturated carbocycles. The van der Waals surface area contributed by atoms with Crippen LogP contribution in [0.4, 0.5) is 5.69 Å². The maximum atomic E-state index is 12.5. The van der Waals surface area contributed by atoms with E-state index in [1.54, 1.807) is 24.3 Å². The highest BCUT2D eigenvalue weighted by Gasteiger charge is 2.48. The maximum absolute atomic E-state index is 12.5. The summed E-state index contributed by atoms with van der Waals surface area (Å²) in [5.41, 5.74) is 1.00. The summed E-state index contributed by atoms with van der Waals surface area (Å²) in [6.45, 7) is 1.45. The van der Waals surface area contributed by atoms with Gasteiger partial charge in [0, 0.05) is 23.1 Å². The number of hydrogen-bond donors (Lipinski definition) is 1. The number of fused-ring (bicyclic) bond motifs is 2. The molecule has 1 amide bonds. The lowest BCUT2D eigenvalue weighted by atomic mass is 9.82. The number of carbonyl (C=O) groups excluding carboxylic acids is 3. The van der Waals surface area contributed by atoms with Gasteiger partial charge in [-0.1, -0.05) is 24.3 Å². The first-order valence-corrected chi connectivity index (χ1v) is 7.28. The number of carboxylic acids is 1. The summed E-state index contributed by atoms with van der Waals surface area (Å²) in [5.74, 6) is -3.14. The topological polar surface area (TPSA) is 86.3 Å². The zero-order chi connectivity index (χ0) is 15.9. The number of ketones is 1. The molecule has 0 aromatic heterocycles. The molecule has 0 aliphatic heterocycles. The first-order valence-electron chi connectivity index (χ1n) is 7.28. The van der Waals surface area contributed by atoms with Gasteiger partial charge in [-0.05, 0) is 37.3 Å². The quantitative estimate of drug-likeness (QED) is 0.664. The minimum atomic E-state index is -1.17. The van der Waals surface area contributed by atoms with Crippen molar-refractivity contribution in [1.29, 1.82) is 0 Å². The van der Waals surface area contributed by atoms with Crippen LogP contribution in [0.3, 0.4) is 0 Å². The van der Waals surface area contributed by atoms with E-state index in [0.717, 1.165) is 0 Å². The molecule has 2 bridgehead atoms. The molecular weight excluding hydrogens is 282 g/mol. The first kappa shape index (κ1) is 14.5. The van der Waals surface area contributed by atoms with Gasteiger partial charge < -0.3 is 15.2 Å². The monoisotopic (exact) mass is 298 g/mol. The van der Waals surface area contributed by atoms with E-state index in [-0.39, 0.29) is 23.5 Å². The predicted molar refractivity (Wildman–Crippen MR) is 77.8 cm³/mol. The number of aliphatic carboxylic acids is 1. The van der Waals surface area contributed by atoms with E-state index in [0.29, 0.717) is 17.7 Å². The number of anilines is 1. The summed E-state index contributed by atoms with van der Waals surface area (Å²) < 4.78 is 0. The Morgan fingerprint density at radius 3 is 2.45 bits per heavy atom. The highest BCUT2D eigenvalue weighted by Crippen LogP contribution is 2.48. The first-order chi connectivity index (χ1) is 10.5. The molecule has 1 N–H and O–H groups in total. The molecule has 4 unspecified atom stereocenters. The Morgan fingerprint density at radius 1 is 1.14 bits per heavy atom. The van der Waals surface area contributed by atoms with Crippen molar-refractivity contribution < 1.29 is 19.5 Å². The number of benzene rings is 1. The molecule has 3 rings (SSSR count). The fourth-order valence-corrected chi connectivity index (χ4v) is 3.54. The highest BCUT2D eigenvalue weighted by atomic mass is 16.4. The van der Waals surface area contributed by atoms with Crippen LogP contribution in [0.2, 0.25) is 0 Å². The van der Waals surface area contributed by atoms with Gasteiger partial charge in [-0.3, -0.25) is 9.59 Å². The lowest BCUT2D eigenvalue weighted by molar-refractivity contribution is -0.313. The van der Waals surface area contributed by atoms with Gasteiger partial charge in [0.1, 0.15) is 0 Å². The Labute approximate surface area is 128 Å². The van der Waals surface area contributed by atoms with E-state index in [1.165, 1.54) is 6.92 Å². The van der Waals surface area contributed by atoms with Crippen LogP contribution < -0.4 is 10.4 Å². The molecule has 2 aliphatic carbocycles. The Kier molecular flexibility index (Phi) is 3.56. The summed E-state index contributed by atoms with van der Waals surface area (Å²) in [7, 11) is 0. The van der Waals surface area contributed by atoms with E-state index in [2.05, 4.69) is 5.32 Å². The molecule has 22 heavy (non-hydrogen) atoms. The summed E-state index contributed by atoms with van der Waals surface area (Å²) in [5, 5.41) is 14.1. The van der Waals surface area contributed by atoms with Crippen molar-refractivity contribution in [2.75, 3.05) is 5.32 Å². The molecule has 1 aromatic carbocycles. The van der Waals surface area contributed by atoms with Gasteiger partial charge in [-0.25, -0.2) is 0 Å². The van der Waals surface area contributed by atoms with Crippen molar-refractivity contribution in [1.82, 2.24) is 0 Å². The van der Waals surface area contributed by atoms with Crippen molar-refractivity contribution in [3.05, 3.63) is 42.0 Å². The minimum Gasteiger partial charge on any atom is -0.550 e. The molecule has 1 aromatic rings. The molecule has 1 fully saturated rings. The molecule has 0 heterocycles. The van der Waals surface area contributed by atoms with Gasteiger partial charge in [0.05, 0.1) is 5.92 Å². The Hall–Kier alpha value is -2.43. The fourth-order valence-electron chi connectivity index (χ4n) is 3.54. The van der Waals surface area contributed by atoms with Crippen LogP contribution in [0.5, 0.6) is 0 Å². The highest BCUT2D eigenvalue weighted by molar-refractivity contribution is 5.99. The number of amides is 1. The average Bonchev–Trinajstić information content (AvgIpc) is 3.07. The second-order valence-electron chi connectivity index (χ2n) is 5.95. The van der Waals surface area contributed by atoms with Crippen LogP contribution in [0.25, 0.3) is 0 Å². The second-order valence-corrected chi connectivity index (χ2v) is 5.95. The third kappa shape index (κ3) is 2.43. The Balaban J connectivity index is 1.80. The number of carboxylic acid groups (broad SMARTS) is 1. The van der Waals surface area contributed by atoms with Crippen LogP contribution in [-0.4, -0.2) is 17.7 Å². The van der Waals surface area contributed by atoms with Crippen molar-refractivity contribution in [3.8, 4) is 0 Å². The molecule has 0 radical (unpaired) electrons. The molecule has 5 heteroatoms. The maximum Gasteiger partial charge on any atom is 0.228 e. The van der Waals surface area contributed by atoms with Gasteiger partial charge in [0.15, 0.2) is 5.78 Å². The van der Waals surface area contributed by atoms with Gasteiger partial charge >= 0.3 is 0 Å². The summed E-state index contributed by atoms with van der Waals surface area (Å²) >= 11 is 0. The molecule has 2 aliphatic rings. The number of rotatable bonds is 4. The summed E-state index contributed by atoms with van der Waals surface area (Å²) in [6.07, 6.45) is 4.47. The van der Waals surface area contributed by atoms with E-state index in [4.69, 9.17) is 0 Å². The van der Waals surface area contributed by atoms with E-state index < -0.39 is 17.8 Å². The van der Waals surface area contributed by atoms with E-state index in [1.807, 2.05) is 12.2 Å². The molecule has 5 nitrogen and oxygen atoms in total. The number of hydrogen-bond acceptors (Lipinski definition) is 4. The lowest BCUT2D eigenvalue weighted by Crippen LogP contribution is -2.42. The number of nitrogens with one attached hydrogen (secondary N) is 1. The van der Waals surface area contributed by atoms with Gasteiger partial charge in [0.2, 0.25) is 5.91 Å². The van der Waals surface area contributed by atoms with E-state index in [9.17, 15) is 19.5 Å². The molecule has 4 atom stereocenters. The van der Waals surface area contributed by atoms with Gasteiger partial charge in [-0.2, -0.15) is 0 Å². The Bertz CT molecular complexity index is 679. The van der Waals surface area contributed by atoms with Gasteiger partial charge in [-0.15, -0.1) is 0 Å². The predicted octanol–water partition coefficient (Wildman–Crippen LogP) is 1.02. The van der Waals surface area contributed by atoms with Crippen molar-refractivity contribution >= 4 is 23.3 Å². The lowest BCUT2D eigenvalue weighted by Gasteiger charge is -2.27. The third-order valence-corrected chi connectivity index (χ3v) is 4.57. The molecule has 114 valence electrons. The minimum absolute atomic E-state index is 0.0520. The number of carbonyl (C=O) groups is 3. The SMILES string of the molecule is CC(=O)c1cccc(NC(=O)C2C3C=CC(C3)C2C(=O)[O-])c1. The Morgan fingerprint density at radius 2 is 1.82 bits per heavy atom. The number of allylic oxidation sites excluding steroid dienone is 2. The molecular formula is C17H16NO4-. The van der Waals surface area contributed by atoms with Crippen molar-refractivity contribution in [3.63, 3.8) is 0 Å². The number of Topliss-reactive ketones (excluding diaryl/α,β-unsaturated/α-hetero) is 1. The molecule has 0 spiro atoms. The van der Waals surface area contributed by atoms with E-state index >= 15 is 0 Å². The van der Waals surface area contributed by atoms with Crippen LogP contribution in [0, 0.1) is 23.7 Å². The van der Waals surface area contributed by atoms with Gasteiger partial charge in [0.25, 0.3) is 0 Å². The molecule has 0 saturated heterocycles. The normalized spacial score (nSPS) is 28.6. The smallest absolute Gasteiger partial charge is 0.228 e. The van der Waals surface area contributed by atoms with Crippen LogP contribution in [0.15, 0.2) is 36.4 Å². The van der Waals surface area contributed by atoms with Crippen LogP contribution >= 0.6 is 0 Å². The summed E-state index contributed by atoms with van der Waals surface area (Å²) in [6, 6.07) is 6.63. The standard InChI is InChI=1S/C17H17NO4/c1-9(19)10-3-2-4-13(8-10)18-16(20)14-11-5-6-12(7-11)15(14)17(21)22/h2-6,8,11-12,14-15H,7H2,1H3,(H,18,20)(H,21,22)/p-1. The zero-order valence-electron chi connectivity index (χ0n) is 12.1. The second kappa shape index (κ2) is 5.40. The van der Waals surface area contributed by atoms with Crippen LogP contribution in [0.1, 0.15) is 23.7 Å². The van der Waals surface area contributed by atoms with Crippen molar-refractivity contribution in [2.24, 2.45) is 23.7 Å². The average molecular weight is 298 g/mol. The zero-order valence-corrected chi connectivity index (χ0v) is 12.1. The third-order valence-electron chi connectivity index (χ3n) is 4.57. The summed E-state index contributed by atoms with van der Waals surface area (Å²) in [4.78, 5) is 35.2. The largest absolute Gasteiger partial charge is 0.550 e. The fraction of sp³-hybridized carbons (Fsp3) is 0.353.